The lowest BCUT2D eigenvalue weighted by Crippen LogP contribution is -2.26. The van der Waals surface area contributed by atoms with E-state index in [2.05, 4.69) is 31.9 Å². The van der Waals surface area contributed by atoms with Crippen LogP contribution in [0.1, 0.15) is 0 Å². The van der Waals surface area contributed by atoms with Gasteiger partial charge in [0.2, 0.25) is 10.8 Å². The van der Waals surface area contributed by atoms with Crippen molar-refractivity contribution in [3.05, 3.63) is 58.7 Å². The standard InChI is InChI=1S/C10H3Br2NO3/c11-4-2-1-3-5(6(4)12)13-9(14)7-8(16-7)10(13)15/h1-3H. The molecule has 3 rings (SSSR count). The zero-order valence-electron chi connectivity index (χ0n) is 7.66. The van der Waals surface area contributed by atoms with E-state index in [0.29, 0.717) is 10.2 Å². The van der Waals surface area contributed by atoms with E-state index in [4.69, 9.17) is 4.42 Å². The summed E-state index contributed by atoms with van der Waals surface area (Å²) < 4.78 is 7.31. The number of hydrogen-bond donors (Lipinski definition) is 0. The van der Waals surface area contributed by atoms with Crippen LogP contribution < -0.4 is 11.1 Å². The molecule has 2 aliphatic rings. The van der Waals surface area contributed by atoms with Crippen LogP contribution in [0.15, 0.2) is 41.2 Å². The summed E-state index contributed by atoms with van der Waals surface area (Å²) in [4.78, 5) is 23.4. The second-order valence-electron chi connectivity index (χ2n) is 3.28. The molecule has 0 spiro atoms. The fourth-order valence-corrected chi connectivity index (χ4v) is 2.33. The summed E-state index contributed by atoms with van der Waals surface area (Å²) in [5, 5.41) is 0. The van der Waals surface area contributed by atoms with Crippen molar-refractivity contribution in [1.29, 1.82) is 0 Å². The van der Waals surface area contributed by atoms with Crippen molar-refractivity contribution >= 4 is 31.9 Å². The number of nitrogens with zero attached hydrogens (tertiary/aromatic N) is 1. The Labute approximate surface area is 105 Å². The zero-order chi connectivity index (χ0) is 11.4. The largest absolute Gasteiger partial charge is 0.437 e. The van der Waals surface area contributed by atoms with Gasteiger partial charge in [-0.3, -0.25) is 9.59 Å². The predicted octanol–water partition coefficient (Wildman–Crippen LogP) is 1.92. The summed E-state index contributed by atoms with van der Waals surface area (Å²) >= 11 is 6.65. The molecular formula is C10H3Br2NO3. The van der Waals surface area contributed by atoms with E-state index < -0.39 is 11.1 Å². The lowest BCUT2D eigenvalue weighted by Gasteiger charge is -2.04. The van der Waals surface area contributed by atoms with Crippen LogP contribution in [0.4, 0.5) is 0 Å². The molecule has 0 bridgehead atoms. The Balaban J connectivity index is 2.41. The maximum absolute atomic E-state index is 11.7. The molecule has 16 heavy (non-hydrogen) atoms. The topological polar surface area (TPSA) is 52.2 Å². The Bertz CT molecular complexity index is 779. The van der Waals surface area contributed by atoms with Gasteiger partial charge in [0.1, 0.15) is 0 Å². The van der Waals surface area contributed by atoms with Crippen LogP contribution in [0.5, 0.6) is 0 Å². The molecule has 80 valence electrons. The maximum Gasteiger partial charge on any atom is 0.305 e. The molecule has 0 N–H and O–H groups in total. The van der Waals surface area contributed by atoms with Crippen LogP contribution in [0.25, 0.3) is 5.69 Å². The normalized spacial score (nSPS) is 11.6. The van der Waals surface area contributed by atoms with Crippen LogP contribution in [0, 0.1) is 10.8 Å². The quantitative estimate of drug-likeness (QED) is 0.677. The van der Waals surface area contributed by atoms with E-state index in [1.807, 2.05) is 6.07 Å². The molecule has 0 aliphatic carbocycles. The maximum atomic E-state index is 11.7. The minimum absolute atomic E-state index is 0.164. The molecule has 1 aromatic carbocycles. The van der Waals surface area contributed by atoms with Gasteiger partial charge in [0.15, 0.2) is 0 Å². The molecule has 0 atom stereocenters. The van der Waals surface area contributed by atoms with Crippen molar-refractivity contribution in [2.45, 2.75) is 0 Å². The first-order valence-corrected chi connectivity index (χ1v) is 5.95. The van der Waals surface area contributed by atoms with E-state index in [1.165, 1.54) is 0 Å². The molecule has 0 radical (unpaired) electrons. The summed E-state index contributed by atoms with van der Waals surface area (Å²) in [6.07, 6.45) is 0. The number of aromatic nitrogens is 1. The third kappa shape index (κ3) is 1.20. The van der Waals surface area contributed by atoms with Gasteiger partial charge in [0.25, 0.3) is 0 Å². The highest BCUT2D eigenvalue weighted by atomic mass is 79.9. The van der Waals surface area contributed by atoms with Gasteiger partial charge in [-0.05, 0) is 44.0 Å². The molecule has 0 saturated carbocycles. The van der Waals surface area contributed by atoms with E-state index in [-0.39, 0.29) is 10.8 Å². The summed E-state index contributed by atoms with van der Waals surface area (Å²) in [6, 6.07) is 5.26. The molecule has 0 saturated heterocycles. The third-order valence-electron chi connectivity index (χ3n) is 2.34. The van der Waals surface area contributed by atoms with Gasteiger partial charge in [-0.15, -0.1) is 0 Å². The zero-order valence-corrected chi connectivity index (χ0v) is 10.8. The Morgan fingerprint density at radius 2 is 1.69 bits per heavy atom. The average molecular weight is 345 g/mol. The molecule has 0 aromatic heterocycles. The van der Waals surface area contributed by atoms with E-state index >= 15 is 0 Å². The lowest BCUT2D eigenvalue weighted by atomic mass is 10.3. The van der Waals surface area contributed by atoms with Gasteiger partial charge in [0.05, 0.1) is 10.2 Å². The monoisotopic (exact) mass is 343 g/mol. The molecule has 0 fully saturated rings. The molecule has 2 aliphatic heterocycles. The Morgan fingerprint density at radius 1 is 1.06 bits per heavy atom. The first kappa shape index (κ1) is 10.0. The Hall–Kier alpha value is -1.14. The Morgan fingerprint density at radius 3 is 2.31 bits per heavy atom. The van der Waals surface area contributed by atoms with Crippen molar-refractivity contribution < 1.29 is 4.42 Å². The summed E-state index contributed by atoms with van der Waals surface area (Å²) in [7, 11) is 0. The first-order chi connectivity index (χ1) is 7.61. The van der Waals surface area contributed by atoms with Crippen LogP contribution >= 0.6 is 31.9 Å². The van der Waals surface area contributed by atoms with Gasteiger partial charge in [-0.25, -0.2) is 4.57 Å². The lowest BCUT2D eigenvalue weighted by molar-refractivity contribution is 0.606. The fourth-order valence-electron chi connectivity index (χ4n) is 1.54. The number of benzene rings is 1. The molecule has 6 heteroatoms. The second kappa shape index (κ2) is 3.18. The highest BCUT2D eigenvalue weighted by Gasteiger charge is 2.22. The van der Waals surface area contributed by atoms with Crippen LogP contribution in [0.2, 0.25) is 0 Å². The van der Waals surface area contributed by atoms with Gasteiger partial charge < -0.3 is 4.42 Å². The van der Waals surface area contributed by atoms with Gasteiger partial charge >= 0.3 is 11.1 Å². The summed E-state index contributed by atoms with van der Waals surface area (Å²) in [5.41, 5.74) is 0.0338. The van der Waals surface area contributed by atoms with Crippen molar-refractivity contribution in [3.8, 4) is 5.69 Å². The molecular weight excluding hydrogens is 342 g/mol. The number of hydrogen-bond acceptors (Lipinski definition) is 3. The minimum Gasteiger partial charge on any atom is -0.437 e. The van der Waals surface area contributed by atoms with Gasteiger partial charge in [0, 0.05) is 4.47 Å². The van der Waals surface area contributed by atoms with Crippen LogP contribution in [0.3, 0.4) is 0 Å². The molecule has 0 unspecified atom stereocenters. The first-order valence-electron chi connectivity index (χ1n) is 4.36. The minimum atomic E-state index is -0.404. The van der Waals surface area contributed by atoms with E-state index in [0.717, 1.165) is 9.04 Å². The number of halogens is 2. The van der Waals surface area contributed by atoms with Crippen LogP contribution in [-0.2, 0) is 0 Å². The van der Waals surface area contributed by atoms with Crippen molar-refractivity contribution in [1.82, 2.24) is 4.57 Å². The smallest absolute Gasteiger partial charge is 0.305 e. The van der Waals surface area contributed by atoms with E-state index in [9.17, 15) is 9.59 Å². The van der Waals surface area contributed by atoms with Gasteiger partial charge in [-0.2, -0.15) is 0 Å². The van der Waals surface area contributed by atoms with Crippen molar-refractivity contribution in [2.24, 2.45) is 0 Å². The van der Waals surface area contributed by atoms with Crippen molar-refractivity contribution in [2.75, 3.05) is 0 Å². The summed E-state index contributed by atoms with van der Waals surface area (Å²) in [6.45, 7) is 0. The fraction of sp³-hybridized carbons (Fsp3) is 0. The Kier molecular flexibility index (Phi) is 1.99. The molecule has 1 aromatic rings. The number of rotatable bonds is 1. The van der Waals surface area contributed by atoms with E-state index in [1.54, 1.807) is 12.1 Å². The van der Waals surface area contributed by atoms with Crippen molar-refractivity contribution in [3.63, 3.8) is 0 Å². The SMILES string of the molecule is O=c1c2oc=2c(=O)n1-c1cccc(Br)c1Br. The van der Waals surface area contributed by atoms with Gasteiger partial charge in [-0.1, -0.05) is 6.07 Å². The highest BCUT2D eigenvalue weighted by Crippen LogP contribution is 2.28. The third-order valence-corrected chi connectivity index (χ3v) is 4.36. The molecule has 2 heterocycles. The predicted molar refractivity (Wildman–Crippen MR) is 63.6 cm³/mol. The molecule has 0 amide bonds. The molecule has 4 nitrogen and oxygen atoms in total. The highest BCUT2D eigenvalue weighted by molar-refractivity contribution is 9.13. The second-order valence-corrected chi connectivity index (χ2v) is 4.93. The summed E-state index contributed by atoms with van der Waals surface area (Å²) in [5.74, 6) is 0. The van der Waals surface area contributed by atoms with Crippen LogP contribution in [-0.4, -0.2) is 4.57 Å². The average Bonchev–Trinajstić information content (AvgIpc) is 2.99.